The Labute approximate surface area is 233 Å². The number of piperidine rings is 1. The molecule has 0 radical (unpaired) electrons. The summed E-state index contributed by atoms with van der Waals surface area (Å²) in [4.78, 5) is 33.2. The number of carbonyl (C=O) groups is 2. The molecular weight excluding hydrogens is 536 g/mol. The molecule has 3 aromatic carbocycles. The molecule has 10 heteroatoms. The van der Waals surface area contributed by atoms with Crippen LogP contribution in [0.3, 0.4) is 0 Å². The first-order valence-electron chi connectivity index (χ1n) is 13.6. The van der Waals surface area contributed by atoms with Crippen LogP contribution in [-0.2, 0) is 19.1 Å². The summed E-state index contributed by atoms with van der Waals surface area (Å²) in [6, 6.07) is 16.2. The average Bonchev–Trinajstić information content (AvgIpc) is 3.34. The molecule has 0 unspecified atom stereocenters. The van der Waals surface area contributed by atoms with Crippen molar-refractivity contribution in [2.24, 2.45) is 0 Å². The topological polar surface area (TPSA) is 68.4 Å². The van der Waals surface area contributed by atoms with E-state index in [1.165, 1.54) is 24.3 Å². The minimum absolute atomic E-state index is 0.121. The van der Waals surface area contributed by atoms with Gasteiger partial charge in [-0.15, -0.1) is 0 Å². The molecule has 6 nitrogen and oxygen atoms in total. The van der Waals surface area contributed by atoms with Crippen LogP contribution in [0.4, 0.5) is 23.2 Å². The van der Waals surface area contributed by atoms with Crippen LogP contribution in [0.15, 0.2) is 66.7 Å². The summed E-state index contributed by atoms with van der Waals surface area (Å²) < 4.78 is 51.9. The second kappa shape index (κ2) is 10.6. The number of rotatable bonds is 4. The lowest BCUT2D eigenvalue weighted by atomic mass is 10.0. The molecule has 0 bridgehead atoms. The first-order valence-corrected chi connectivity index (χ1v) is 13.6. The fourth-order valence-electron chi connectivity index (χ4n) is 5.71. The number of likely N-dealkylation sites (tertiary alicyclic amines) is 1. The van der Waals surface area contributed by atoms with Gasteiger partial charge in [-0.25, -0.2) is 4.39 Å². The van der Waals surface area contributed by atoms with Crippen molar-refractivity contribution in [2.75, 3.05) is 24.5 Å². The summed E-state index contributed by atoms with van der Waals surface area (Å²) in [7, 11) is 0. The maximum atomic E-state index is 13.4. The zero-order valence-corrected chi connectivity index (χ0v) is 22.1. The Morgan fingerprint density at radius 2 is 1.56 bits per heavy atom. The van der Waals surface area contributed by atoms with Crippen LogP contribution in [0.25, 0.3) is 10.9 Å². The maximum absolute atomic E-state index is 13.4. The Kier molecular flexibility index (Phi) is 6.93. The molecular formula is C31H28F4N4O2. The number of nitrogens with zero attached hydrogens (tertiary/aromatic N) is 2. The van der Waals surface area contributed by atoms with Crippen LogP contribution in [0.1, 0.15) is 50.4 Å². The highest BCUT2D eigenvalue weighted by molar-refractivity contribution is 5.99. The molecule has 1 aromatic heterocycles. The Bertz CT molecular complexity index is 1590. The van der Waals surface area contributed by atoms with Crippen LogP contribution in [0.5, 0.6) is 0 Å². The predicted molar refractivity (Wildman–Crippen MR) is 147 cm³/mol. The van der Waals surface area contributed by atoms with Gasteiger partial charge in [-0.2, -0.15) is 13.2 Å². The molecule has 3 heterocycles. The maximum Gasteiger partial charge on any atom is 0.416 e. The van der Waals surface area contributed by atoms with Gasteiger partial charge in [-0.3, -0.25) is 9.59 Å². The second-order valence-corrected chi connectivity index (χ2v) is 10.6. The largest absolute Gasteiger partial charge is 0.416 e. The Balaban J connectivity index is 1.09. The molecule has 4 aromatic rings. The fraction of sp³-hybridized carbons (Fsp3) is 0.290. The minimum Gasteiger partial charge on any atom is -0.367 e. The van der Waals surface area contributed by atoms with Gasteiger partial charge in [0.2, 0.25) is 0 Å². The highest BCUT2D eigenvalue weighted by atomic mass is 19.4. The summed E-state index contributed by atoms with van der Waals surface area (Å²) in [6.07, 6.45) is -2.54. The quantitative estimate of drug-likeness (QED) is 0.302. The van der Waals surface area contributed by atoms with Gasteiger partial charge in [0.05, 0.1) is 5.56 Å². The third-order valence-electron chi connectivity index (χ3n) is 8.01. The van der Waals surface area contributed by atoms with Crippen LogP contribution < -0.4 is 10.2 Å². The first kappa shape index (κ1) is 26.9. The van der Waals surface area contributed by atoms with Crippen molar-refractivity contribution in [1.82, 2.24) is 15.2 Å². The summed E-state index contributed by atoms with van der Waals surface area (Å²) in [5, 5.41) is 4.06. The van der Waals surface area contributed by atoms with Crippen LogP contribution in [0.2, 0.25) is 0 Å². The molecule has 0 spiro atoms. The van der Waals surface area contributed by atoms with Gasteiger partial charge < -0.3 is 20.1 Å². The van der Waals surface area contributed by atoms with Crippen LogP contribution in [0, 0.1) is 5.82 Å². The SMILES string of the molecule is O=C(NC1CCN(C(=O)c2ccc(C(F)(F)F)cc2)CC1)c1ccc2[nH]c3c(c2c1)CN(c1ccc(F)cc1)CC3. The van der Waals surface area contributed by atoms with Gasteiger partial charge in [-0.1, -0.05) is 0 Å². The number of fused-ring (bicyclic) bond motifs is 3. The Morgan fingerprint density at radius 3 is 2.24 bits per heavy atom. The van der Waals surface area contributed by atoms with E-state index in [0.29, 0.717) is 38.0 Å². The van der Waals surface area contributed by atoms with Crippen LogP contribution >= 0.6 is 0 Å². The summed E-state index contributed by atoms with van der Waals surface area (Å²) in [5.74, 6) is -0.785. The van der Waals surface area contributed by atoms with Crippen molar-refractivity contribution in [1.29, 1.82) is 0 Å². The monoisotopic (exact) mass is 564 g/mol. The van der Waals surface area contributed by atoms with E-state index in [4.69, 9.17) is 0 Å². The Hall–Kier alpha value is -4.34. The van der Waals surface area contributed by atoms with Gasteiger partial charge >= 0.3 is 6.18 Å². The second-order valence-electron chi connectivity index (χ2n) is 10.6. The normalized spacial score (nSPS) is 16.1. The molecule has 2 N–H and O–H groups in total. The number of nitrogens with one attached hydrogen (secondary N) is 2. The number of hydrogen-bond acceptors (Lipinski definition) is 3. The third-order valence-corrected chi connectivity index (χ3v) is 8.01. The summed E-state index contributed by atoms with van der Waals surface area (Å²) >= 11 is 0. The van der Waals surface area contributed by atoms with Crippen molar-refractivity contribution in [3.8, 4) is 0 Å². The molecule has 1 saturated heterocycles. The highest BCUT2D eigenvalue weighted by Crippen LogP contribution is 2.32. The lowest BCUT2D eigenvalue weighted by Crippen LogP contribution is -2.46. The van der Waals surface area contributed by atoms with E-state index in [1.807, 2.05) is 12.1 Å². The van der Waals surface area contributed by atoms with Crippen molar-refractivity contribution < 1.29 is 27.2 Å². The zero-order valence-electron chi connectivity index (χ0n) is 22.1. The van der Waals surface area contributed by atoms with Crippen molar-refractivity contribution >= 4 is 28.4 Å². The average molecular weight is 565 g/mol. The van der Waals surface area contributed by atoms with Gasteiger partial charge in [0.25, 0.3) is 11.8 Å². The molecule has 2 amide bonds. The van der Waals surface area contributed by atoms with E-state index in [-0.39, 0.29) is 29.2 Å². The number of hydrogen-bond donors (Lipinski definition) is 2. The summed E-state index contributed by atoms with van der Waals surface area (Å²) in [6.45, 7) is 2.25. The van der Waals surface area contributed by atoms with Gasteiger partial charge in [-0.05, 0) is 79.6 Å². The number of benzene rings is 3. The number of anilines is 1. The van der Waals surface area contributed by atoms with E-state index in [0.717, 1.165) is 52.9 Å². The highest BCUT2D eigenvalue weighted by Gasteiger charge is 2.31. The number of carbonyl (C=O) groups excluding carboxylic acids is 2. The minimum atomic E-state index is -4.45. The van der Waals surface area contributed by atoms with Crippen molar-refractivity contribution in [3.05, 3.63) is 100 Å². The third kappa shape index (κ3) is 5.51. The van der Waals surface area contributed by atoms with Gasteiger partial charge in [0.1, 0.15) is 5.82 Å². The van der Waals surface area contributed by atoms with E-state index >= 15 is 0 Å². The number of alkyl halides is 3. The molecule has 6 rings (SSSR count). The fourth-order valence-corrected chi connectivity index (χ4v) is 5.71. The predicted octanol–water partition coefficient (Wildman–Crippen LogP) is 5.92. The van der Waals surface area contributed by atoms with Crippen molar-refractivity contribution in [3.63, 3.8) is 0 Å². The van der Waals surface area contributed by atoms with Crippen LogP contribution in [-0.4, -0.2) is 47.4 Å². The van der Waals surface area contributed by atoms with E-state index < -0.39 is 11.7 Å². The van der Waals surface area contributed by atoms with Gasteiger partial charge in [0, 0.05) is 77.6 Å². The van der Waals surface area contributed by atoms with E-state index in [2.05, 4.69) is 15.2 Å². The molecule has 2 aliphatic heterocycles. The number of H-pyrrole nitrogens is 1. The lowest BCUT2D eigenvalue weighted by molar-refractivity contribution is -0.137. The van der Waals surface area contributed by atoms with Gasteiger partial charge in [0.15, 0.2) is 0 Å². The number of aromatic nitrogens is 1. The summed E-state index contributed by atoms with van der Waals surface area (Å²) in [5.41, 5.74) is 4.13. The molecule has 212 valence electrons. The zero-order chi connectivity index (χ0) is 28.7. The number of halogens is 4. The molecule has 41 heavy (non-hydrogen) atoms. The van der Waals surface area contributed by atoms with Crippen molar-refractivity contribution in [2.45, 2.75) is 38.0 Å². The molecule has 0 saturated carbocycles. The molecule has 0 atom stereocenters. The first-order chi connectivity index (χ1) is 19.7. The lowest BCUT2D eigenvalue weighted by Gasteiger charge is -2.32. The molecule has 1 fully saturated rings. The molecule has 0 aliphatic carbocycles. The Morgan fingerprint density at radius 1 is 0.878 bits per heavy atom. The smallest absolute Gasteiger partial charge is 0.367 e. The van der Waals surface area contributed by atoms with E-state index in [1.54, 1.807) is 23.1 Å². The number of aromatic amines is 1. The standard InChI is InChI=1S/C31H28F4N4O2/c32-22-6-8-24(9-7-22)39-16-13-28-26(18-39)25-17-20(3-10-27(25)37-28)29(40)36-23-11-14-38(15-12-23)30(41)19-1-4-21(5-2-19)31(33,34)35/h1-10,17,23,37H,11-16,18H2,(H,36,40). The number of amides is 2. The van der Waals surface area contributed by atoms with E-state index in [9.17, 15) is 27.2 Å². The molecule has 2 aliphatic rings.